The van der Waals surface area contributed by atoms with E-state index in [2.05, 4.69) is 26.3 Å². The molecule has 6 heteroatoms. The van der Waals surface area contributed by atoms with Crippen molar-refractivity contribution in [2.24, 2.45) is 0 Å². The van der Waals surface area contributed by atoms with Crippen molar-refractivity contribution in [3.05, 3.63) is 54.4 Å². The Labute approximate surface area is 153 Å². The highest BCUT2D eigenvalue weighted by molar-refractivity contribution is 5.79. The minimum atomic E-state index is -0.308. The lowest BCUT2D eigenvalue weighted by molar-refractivity contribution is 0.0421. The van der Waals surface area contributed by atoms with Gasteiger partial charge in [0.05, 0.1) is 16.7 Å². The van der Waals surface area contributed by atoms with Gasteiger partial charge >= 0.3 is 0 Å². The highest BCUT2D eigenvalue weighted by Crippen LogP contribution is 2.29. The first-order chi connectivity index (χ1) is 12.9. The highest BCUT2D eigenvalue weighted by atomic mass is 16.5. The van der Waals surface area contributed by atoms with Gasteiger partial charge in [0.2, 0.25) is 5.95 Å². The van der Waals surface area contributed by atoms with Crippen molar-refractivity contribution in [2.45, 2.75) is 32.0 Å². The molecule has 26 heavy (non-hydrogen) atoms. The molecule has 1 aromatic carbocycles. The first-order valence-corrected chi connectivity index (χ1v) is 9.33. The van der Waals surface area contributed by atoms with E-state index in [0.717, 1.165) is 48.6 Å². The van der Waals surface area contributed by atoms with E-state index >= 15 is 0 Å². The second-order valence-electron chi connectivity index (χ2n) is 6.53. The third-order valence-corrected chi connectivity index (χ3v) is 4.77. The van der Waals surface area contributed by atoms with Crippen LogP contribution in [0.3, 0.4) is 0 Å². The van der Waals surface area contributed by atoms with Crippen molar-refractivity contribution in [3.8, 4) is 0 Å². The van der Waals surface area contributed by atoms with E-state index in [9.17, 15) is 0 Å². The highest BCUT2D eigenvalue weighted by Gasteiger charge is 2.24. The van der Waals surface area contributed by atoms with Gasteiger partial charge in [-0.3, -0.25) is 9.55 Å². The largest absolute Gasteiger partial charge is 0.353 e. The number of ether oxygens (including phenoxy) is 1. The van der Waals surface area contributed by atoms with Gasteiger partial charge in [0.25, 0.3) is 0 Å². The van der Waals surface area contributed by atoms with E-state index < -0.39 is 0 Å². The quantitative estimate of drug-likeness (QED) is 0.714. The van der Waals surface area contributed by atoms with Gasteiger partial charge in [-0.05, 0) is 57.1 Å². The number of imidazole rings is 1. The second kappa shape index (κ2) is 7.85. The first-order valence-electron chi connectivity index (χ1n) is 9.33. The van der Waals surface area contributed by atoms with Crippen LogP contribution in [0.4, 0.5) is 5.95 Å². The molecule has 4 rings (SSSR count). The Kier molecular flexibility index (Phi) is 5.13. The monoisotopic (exact) mass is 351 g/mol. The van der Waals surface area contributed by atoms with Crippen molar-refractivity contribution in [2.75, 3.05) is 25.0 Å². The van der Waals surface area contributed by atoms with E-state index in [-0.39, 0.29) is 6.23 Å². The number of fused-ring (bicyclic) bond motifs is 1. The van der Waals surface area contributed by atoms with Crippen LogP contribution in [0.5, 0.6) is 0 Å². The number of benzene rings is 1. The van der Waals surface area contributed by atoms with Gasteiger partial charge in [-0.1, -0.05) is 18.2 Å². The molecule has 0 bridgehead atoms. The van der Waals surface area contributed by atoms with Crippen LogP contribution in [0.25, 0.3) is 11.0 Å². The molecular weight excluding hydrogens is 326 g/mol. The second-order valence-corrected chi connectivity index (χ2v) is 6.53. The zero-order valence-corrected chi connectivity index (χ0v) is 15.1. The van der Waals surface area contributed by atoms with Crippen LogP contribution in [0.2, 0.25) is 0 Å². The number of nitrogens with zero attached hydrogens (tertiary/aromatic N) is 3. The van der Waals surface area contributed by atoms with Gasteiger partial charge in [-0.15, -0.1) is 0 Å². The number of anilines is 1. The molecule has 1 aliphatic rings. The standard InChI is InChI=1S/C20H25N5O/c1-2-26-19(17-8-5-6-12-22-17)25-18-9-4-3-7-16(18)24-20(25)23-15-10-13-21-14-11-15/h3-9,12,15,19,21H,2,10-11,13-14H2,1H3,(H,23,24). The Hall–Kier alpha value is -2.44. The summed E-state index contributed by atoms with van der Waals surface area (Å²) in [5.41, 5.74) is 2.89. The van der Waals surface area contributed by atoms with E-state index in [0.29, 0.717) is 12.6 Å². The summed E-state index contributed by atoms with van der Waals surface area (Å²) >= 11 is 0. The summed E-state index contributed by atoms with van der Waals surface area (Å²) < 4.78 is 8.26. The van der Waals surface area contributed by atoms with E-state index in [1.165, 1.54) is 0 Å². The number of pyridine rings is 1. The average Bonchev–Trinajstić information content (AvgIpc) is 3.05. The SMILES string of the molecule is CCOC(c1ccccn1)n1c(NC2CCNCC2)nc2ccccc21. The van der Waals surface area contributed by atoms with E-state index in [1.807, 2.05) is 43.3 Å². The van der Waals surface area contributed by atoms with Crippen LogP contribution < -0.4 is 10.6 Å². The number of hydrogen-bond donors (Lipinski definition) is 2. The lowest BCUT2D eigenvalue weighted by atomic mass is 10.1. The maximum atomic E-state index is 6.12. The predicted octanol–water partition coefficient (Wildman–Crippen LogP) is 3.18. The van der Waals surface area contributed by atoms with Crippen molar-refractivity contribution >= 4 is 17.0 Å². The molecule has 0 radical (unpaired) electrons. The van der Waals surface area contributed by atoms with Crippen molar-refractivity contribution in [3.63, 3.8) is 0 Å². The Bertz CT molecular complexity index is 842. The molecule has 1 unspecified atom stereocenters. The molecule has 0 aliphatic carbocycles. The summed E-state index contributed by atoms with van der Waals surface area (Å²) in [4.78, 5) is 9.40. The molecule has 0 amide bonds. The zero-order valence-electron chi connectivity index (χ0n) is 15.1. The van der Waals surface area contributed by atoms with Gasteiger partial charge in [-0.2, -0.15) is 0 Å². The van der Waals surface area contributed by atoms with Crippen LogP contribution in [0, 0.1) is 0 Å². The topological polar surface area (TPSA) is 64.0 Å². The van der Waals surface area contributed by atoms with E-state index in [1.54, 1.807) is 6.20 Å². The summed E-state index contributed by atoms with van der Waals surface area (Å²) in [7, 11) is 0. The Morgan fingerprint density at radius 1 is 1.19 bits per heavy atom. The number of aromatic nitrogens is 3. The van der Waals surface area contributed by atoms with Gasteiger partial charge in [0.1, 0.15) is 0 Å². The lowest BCUT2D eigenvalue weighted by Crippen LogP contribution is -2.36. The smallest absolute Gasteiger partial charge is 0.206 e. The molecule has 1 atom stereocenters. The summed E-state index contributed by atoms with van der Waals surface area (Å²) in [6.45, 7) is 4.68. The normalized spacial score (nSPS) is 16.7. The van der Waals surface area contributed by atoms with Gasteiger partial charge in [0, 0.05) is 18.8 Å². The number of piperidine rings is 1. The minimum Gasteiger partial charge on any atom is -0.353 e. The lowest BCUT2D eigenvalue weighted by Gasteiger charge is -2.26. The van der Waals surface area contributed by atoms with Crippen molar-refractivity contribution in [1.29, 1.82) is 0 Å². The van der Waals surface area contributed by atoms with Crippen LogP contribution >= 0.6 is 0 Å². The average molecular weight is 351 g/mol. The Morgan fingerprint density at radius 2 is 2.00 bits per heavy atom. The van der Waals surface area contributed by atoms with Crippen LogP contribution in [-0.4, -0.2) is 40.3 Å². The fourth-order valence-electron chi connectivity index (χ4n) is 3.50. The maximum Gasteiger partial charge on any atom is 0.206 e. The Morgan fingerprint density at radius 3 is 2.77 bits per heavy atom. The minimum absolute atomic E-state index is 0.308. The summed E-state index contributed by atoms with van der Waals surface area (Å²) in [5.74, 6) is 0.849. The number of para-hydroxylation sites is 2. The third kappa shape index (κ3) is 3.43. The van der Waals surface area contributed by atoms with Crippen LogP contribution in [0.15, 0.2) is 48.7 Å². The molecule has 136 valence electrons. The first kappa shape index (κ1) is 17.0. The number of nitrogens with one attached hydrogen (secondary N) is 2. The molecule has 0 saturated carbocycles. The van der Waals surface area contributed by atoms with Crippen LogP contribution in [-0.2, 0) is 4.74 Å². The van der Waals surface area contributed by atoms with Crippen molar-refractivity contribution < 1.29 is 4.74 Å². The predicted molar refractivity (Wildman–Crippen MR) is 103 cm³/mol. The molecular formula is C20H25N5O. The van der Waals surface area contributed by atoms with Gasteiger partial charge in [-0.25, -0.2) is 4.98 Å². The van der Waals surface area contributed by atoms with E-state index in [4.69, 9.17) is 9.72 Å². The summed E-state index contributed by atoms with van der Waals surface area (Å²) in [6, 6.07) is 14.5. The third-order valence-electron chi connectivity index (χ3n) is 4.77. The molecule has 3 heterocycles. The Balaban J connectivity index is 1.78. The maximum absolute atomic E-state index is 6.12. The molecule has 2 aromatic heterocycles. The summed E-state index contributed by atoms with van der Waals surface area (Å²) in [6.07, 6.45) is 3.68. The fraction of sp³-hybridized carbons (Fsp3) is 0.400. The molecule has 2 N–H and O–H groups in total. The van der Waals surface area contributed by atoms with Gasteiger partial charge in [0.15, 0.2) is 6.23 Å². The molecule has 6 nitrogen and oxygen atoms in total. The van der Waals surface area contributed by atoms with Gasteiger partial charge < -0.3 is 15.4 Å². The number of rotatable bonds is 6. The molecule has 0 spiro atoms. The molecule has 1 saturated heterocycles. The summed E-state index contributed by atoms with van der Waals surface area (Å²) in [5, 5.41) is 7.06. The van der Waals surface area contributed by atoms with Crippen LogP contribution in [0.1, 0.15) is 31.7 Å². The fourth-order valence-corrected chi connectivity index (χ4v) is 3.50. The zero-order chi connectivity index (χ0) is 17.8. The molecule has 1 fully saturated rings. The number of hydrogen-bond acceptors (Lipinski definition) is 5. The molecule has 1 aliphatic heterocycles. The molecule has 3 aromatic rings. The van der Waals surface area contributed by atoms with Crippen molar-refractivity contribution in [1.82, 2.24) is 19.9 Å².